The fourth-order valence-corrected chi connectivity index (χ4v) is 6.02. The predicted molar refractivity (Wildman–Crippen MR) is 155 cm³/mol. The Labute approximate surface area is 258 Å². The van der Waals surface area contributed by atoms with E-state index in [0.717, 1.165) is 11.1 Å². The Morgan fingerprint density at radius 3 is 2.31 bits per heavy atom. The highest BCUT2D eigenvalue weighted by Crippen LogP contribution is 2.56. The van der Waals surface area contributed by atoms with Crippen molar-refractivity contribution in [2.75, 3.05) is 40.7 Å². The first-order chi connectivity index (χ1) is 21.9. The summed E-state index contributed by atoms with van der Waals surface area (Å²) < 4.78 is 44.8. The van der Waals surface area contributed by atoms with Crippen molar-refractivity contribution in [2.45, 2.75) is 18.6 Å². The number of benzene rings is 3. The van der Waals surface area contributed by atoms with Gasteiger partial charge in [0.1, 0.15) is 18.6 Å². The molecule has 3 aromatic carbocycles. The summed E-state index contributed by atoms with van der Waals surface area (Å²) in [5.41, 5.74) is 8.30. The van der Waals surface area contributed by atoms with Gasteiger partial charge in [-0.3, -0.25) is 4.79 Å². The molecular weight excluding hydrogens is 588 g/mol. The fourth-order valence-electron chi connectivity index (χ4n) is 6.02. The van der Waals surface area contributed by atoms with Crippen molar-refractivity contribution < 1.29 is 52.3 Å². The van der Waals surface area contributed by atoms with Crippen LogP contribution in [0.3, 0.4) is 0 Å². The molecule has 1 fully saturated rings. The number of esters is 1. The second-order valence-corrected chi connectivity index (χ2v) is 10.6. The molecule has 0 bridgehead atoms. The van der Waals surface area contributed by atoms with Crippen molar-refractivity contribution in [3.05, 3.63) is 76.9 Å². The Bertz CT molecular complexity index is 1570. The van der Waals surface area contributed by atoms with Crippen LogP contribution in [0.2, 0.25) is 0 Å². The summed E-state index contributed by atoms with van der Waals surface area (Å²) in [6, 6.07) is 16.1. The van der Waals surface area contributed by atoms with Gasteiger partial charge >= 0.3 is 18.2 Å². The SMILES string of the molecule is COc1cc([C@@H]2c3cc4c(cc3[C@@H](OC(=O)NCCN)[C@H]3C(=O)OC[C@H]23)OCO4)cc(OC)c1OC(=O)OCc1ccccc1. The predicted octanol–water partition coefficient (Wildman–Crippen LogP) is 3.81. The summed E-state index contributed by atoms with van der Waals surface area (Å²) in [4.78, 5) is 38.6. The Hall–Kier alpha value is -5.17. The lowest BCUT2D eigenvalue weighted by Gasteiger charge is -2.38. The molecule has 3 N–H and O–H groups in total. The van der Waals surface area contributed by atoms with E-state index in [0.29, 0.717) is 22.6 Å². The summed E-state index contributed by atoms with van der Waals surface area (Å²) in [5, 5.41) is 2.59. The van der Waals surface area contributed by atoms with Gasteiger partial charge in [-0.05, 0) is 41.0 Å². The van der Waals surface area contributed by atoms with Gasteiger partial charge in [-0.25, -0.2) is 9.59 Å². The van der Waals surface area contributed by atoms with E-state index in [1.807, 2.05) is 36.4 Å². The first-order valence-corrected chi connectivity index (χ1v) is 14.3. The van der Waals surface area contributed by atoms with E-state index in [2.05, 4.69) is 5.32 Å². The highest BCUT2D eigenvalue weighted by atomic mass is 16.7. The van der Waals surface area contributed by atoms with Gasteiger partial charge in [-0.1, -0.05) is 30.3 Å². The number of fused-ring (bicyclic) bond motifs is 3. The number of nitrogens with two attached hydrogens (primary N) is 1. The highest BCUT2D eigenvalue weighted by Gasteiger charge is 2.54. The average molecular weight is 621 g/mol. The molecule has 13 nitrogen and oxygen atoms in total. The maximum atomic E-state index is 13.2. The van der Waals surface area contributed by atoms with Crippen LogP contribution in [-0.4, -0.2) is 58.9 Å². The molecule has 6 rings (SSSR count). The third-order valence-corrected chi connectivity index (χ3v) is 8.00. The lowest BCUT2D eigenvalue weighted by molar-refractivity contribution is -0.144. The van der Waals surface area contributed by atoms with Gasteiger partial charge < -0.3 is 48.9 Å². The third-order valence-electron chi connectivity index (χ3n) is 8.00. The zero-order valence-electron chi connectivity index (χ0n) is 24.6. The molecule has 0 aromatic heterocycles. The topological polar surface area (TPSA) is 163 Å². The second-order valence-electron chi connectivity index (χ2n) is 10.6. The summed E-state index contributed by atoms with van der Waals surface area (Å²) in [5.74, 6) is -0.854. The van der Waals surface area contributed by atoms with Crippen molar-refractivity contribution in [3.8, 4) is 28.7 Å². The van der Waals surface area contributed by atoms with Crippen LogP contribution in [-0.2, 0) is 25.6 Å². The third kappa shape index (κ3) is 5.86. The van der Waals surface area contributed by atoms with Crippen molar-refractivity contribution in [1.29, 1.82) is 0 Å². The van der Waals surface area contributed by atoms with Gasteiger partial charge in [0, 0.05) is 30.5 Å². The van der Waals surface area contributed by atoms with Crippen molar-refractivity contribution >= 4 is 18.2 Å². The van der Waals surface area contributed by atoms with Crippen LogP contribution in [0.4, 0.5) is 9.59 Å². The van der Waals surface area contributed by atoms with E-state index in [-0.39, 0.29) is 50.3 Å². The average Bonchev–Trinajstić information content (AvgIpc) is 3.68. The molecule has 3 aromatic rings. The molecule has 1 aliphatic carbocycles. The van der Waals surface area contributed by atoms with Crippen LogP contribution in [0.1, 0.15) is 34.3 Å². The van der Waals surface area contributed by atoms with Crippen LogP contribution >= 0.6 is 0 Å². The molecule has 3 aliphatic rings. The molecular formula is C32H32N2O11. The highest BCUT2D eigenvalue weighted by molar-refractivity contribution is 5.79. The molecule has 2 aliphatic heterocycles. The van der Waals surface area contributed by atoms with Crippen molar-refractivity contribution in [2.24, 2.45) is 17.6 Å². The zero-order valence-corrected chi connectivity index (χ0v) is 24.6. The molecule has 236 valence electrons. The first-order valence-electron chi connectivity index (χ1n) is 14.3. The molecule has 13 heteroatoms. The number of cyclic esters (lactones) is 1. The van der Waals surface area contributed by atoms with E-state index in [9.17, 15) is 14.4 Å². The summed E-state index contributed by atoms with van der Waals surface area (Å²) in [7, 11) is 2.87. The minimum Gasteiger partial charge on any atom is -0.493 e. The fraction of sp³-hybridized carbons (Fsp3) is 0.344. The number of amides is 1. The van der Waals surface area contributed by atoms with Crippen molar-refractivity contribution in [3.63, 3.8) is 0 Å². The van der Waals surface area contributed by atoms with Crippen LogP contribution in [0.15, 0.2) is 54.6 Å². The Balaban J connectivity index is 1.38. The van der Waals surface area contributed by atoms with E-state index in [1.165, 1.54) is 14.2 Å². The number of rotatable bonds is 9. The summed E-state index contributed by atoms with van der Waals surface area (Å²) in [6.07, 6.45) is -2.62. The molecule has 45 heavy (non-hydrogen) atoms. The number of carbonyl (C=O) groups excluding carboxylic acids is 3. The van der Waals surface area contributed by atoms with Gasteiger partial charge in [-0.2, -0.15) is 0 Å². The van der Waals surface area contributed by atoms with Crippen molar-refractivity contribution in [1.82, 2.24) is 5.32 Å². The lowest BCUT2D eigenvalue weighted by atomic mass is 9.66. The van der Waals surface area contributed by atoms with Crippen LogP contribution in [0, 0.1) is 11.8 Å². The lowest BCUT2D eigenvalue weighted by Crippen LogP contribution is -2.39. The maximum absolute atomic E-state index is 13.2. The van der Waals surface area contributed by atoms with E-state index < -0.39 is 42.1 Å². The maximum Gasteiger partial charge on any atom is 0.514 e. The van der Waals surface area contributed by atoms with Crippen LogP contribution in [0.5, 0.6) is 28.7 Å². The normalized spacial score (nSPS) is 20.7. The minimum atomic E-state index is -0.964. The molecule has 0 radical (unpaired) electrons. The van der Waals surface area contributed by atoms with E-state index in [1.54, 1.807) is 18.2 Å². The number of carbonyl (C=O) groups is 3. The number of ether oxygens (including phenoxy) is 8. The Kier molecular flexibility index (Phi) is 8.52. The standard InChI is InChI=1S/C32H32N2O11/c1-38-24-10-18(11-25(39-2)29(24)45-32(37)41-14-17-6-4-3-5-7-17)26-19-12-22-23(43-16-42-22)13-20(19)28(44-31(36)34-9-8-33)27-21(26)15-40-30(27)35/h3-7,10-13,21,26-28H,8-9,14-16,33H2,1-2H3,(H,34,36)/t21-,26-,27+,28-/m1/s1. The van der Waals surface area contributed by atoms with Gasteiger partial charge in [0.2, 0.25) is 12.5 Å². The quantitative estimate of drug-likeness (QED) is 0.202. The zero-order chi connectivity index (χ0) is 31.5. The number of alkyl carbamates (subject to hydrolysis) is 1. The number of hydrogen-bond donors (Lipinski definition) is 2. The number of hydrogen-bond acceptors (Lipinski definition) is 12. The van der Waals surface area contributed by atoms with Gasteiger partial charge in [-0.15, -0.1) is 0 Å². The van der Waals surface area contributed by atoms with E-state index >= 15 is 0 Å². The Morgan fingerprint density at radius 2 is 1.64 bits per heavy atom. The van der Waals surface area contributed by atoms with E-state index in [4.69, 9.17) is 43.6 Å². The molecule has 4 atom stereocenters. The first kappa shape index (κ1) is 29.9. The molecule has 0 saturated carbocycles. The van der Waals surface area contributed by atoms with Gasteiger partial charge in [0.25, 0.3) is 0 Å². The van der Waals surface area contributed by atoms with Crippen LogP contribution < -0.4 is 34.7 Å². The summed E-state index contributed by atoms with van der Waals surface area (Å²) >= 11 is 0. The molecule has 2 heterocycles. The monoisotopic (exact) mass is 620 g/mol. The van der Waals surface area contributed by atoms with Gasteiger partial charge in [0.05, 0.1) is 20.8 Å². The smallest absolute Gasteiger partial charge is 0.493 e. The molecule has 1 saturated heterocycles. The molecule has 0 unspecified atom stereocenters. The van der Waals surface area contributed by atoms with Gasteiger partial charge in [0.15, 0.2) is 23.0 Å². The number of methoxy groups -OCH3 is 2. The number of nitrogens with one attached hydrogen (secondary N) is 1. The summed E-state index contributed by atoms with van der Waals surface area (Å²) in [6.45, 7) is 0.533. The molecule has 0 spiro atoms. The minimum absolute atomic E-state index is 0.0158. The second kappa shape index (κ2) is 12.8. The Morgan fingerprint density at radius 1 is 0.956 bits per heavy atom. The largest absolute Gasteiger partial charge is 0.514 e. The van der Waals surface area contributed by atoms with Crippen LogP contribution in [0.25, 0.3) is 0 Å². The molecule has 1 amide bonds.